The Balaban J connectivity index is 2.00. The van der Waals surface area contributed by atoms with Gasteiger partial charge >= 0.3 is 0 Å². The second-order valence-corrected chi connectivity index (χ2v) is 5.12. The van der Waals surface area contributed by atoms with Crippen LogP contribution in [0.2, 0.25) is 0 Å². The van der Waals surface area contributed by atoms with Crippen molar-refractivity contribution < 1.29 is 0 Å². The number of aromatic nitrogens is 2. The van der Waals surface area contributed by atoms with E-state index in [0.29, 0.717) is 16.8 Å². The van der Waals surface area contributed by atoms with E-state index < -0.39 is 0 Å². The molecule has 1 aromatic rings. The SMILES string of the molecule is CC1(CNc2ncncc2C#N)CCCCC1. The summed E-state index contributed by atoms with van der Waals surface area (Å²) in [6.45, 7) is 3.20. The van der Waals surface area contributed by atoms with Crippen LogP contribution in [-0.4, -0.2) is 16.5 Å². The Hall–Kier alpha value is -1.63. The largest absolute Gasteiger partial charge is 0.368 e. The first-order valence-corrected chi connectivity index (χ1v) is 6.17. The monoisotopic (exact) mass is 230 g/mol. The highest BCUT2D eigenvalue weighted by Gasteiger charge is 2.26. The Morgan fingerprint density at radius 2 is 2.18 bits per heavy atom. The van der Waals surface area contributed by atoms with Gasteiger partial charge in [0.1, 0.15) is 23.8 Å². The van der Waals surface area contributed by atoms with Crippen LogP contribution in [0.4, 0.5) is 5.82 Å². The molecule has 4 nitrogen and oxygen atoms in total. The second-order valence-electron chi connectivity index (χ2n) is 5.12. The Labute approximate surface area is 102 Å². The zero-order valence-corrected chi connectivity index (χ0v) is 10.2. The summed E-state index contributed by atoms with van der Waals surface area (Å²) in [6, 6.07) is 2.11. The van der Waals surface area contributed by atoms with Crippen LogP contribution in [0.15, 0.2) is 12.5 Å². The molecule has 1 aliphatic carbocycles. The molecule has 17 heavy (non-hydrogen) atoms. The molecular weight excluding hydrogens is 212 g/mol. The van der Waals surface area contributed by atoms with Crippen molar-refractivity contribution in [1.82, 2.24) is 9.97 Å². The van der Waals surface area contributed by atoms with Gasteiger partial charge < -0.3 is 5.32 Å². The average Bonchev–Trinajstić information content (AvgIpc) is 2.38. The summed E-state index contributed by atoms with van der Waals surface area (Å²) in [5.74, 6) is 0.661. The second kappa shape index (κ2) is 5.13. The van der Waals surface area contributed by atoms with E-state index in [1.165, 1.54) is 38.4 Å². The van der Waals surface area contributed by atoms with E-state index in [0.717, 1.165) is 6.54 Å². The first-order valence-electron chi connectivity index (χ1n) is 6.17. The van der Waals surface area contributed by atoms with E-state index in [1.54, 1.807) is 6.20 Å². The standard InChI is InChI=1S/C13H18N4/c1-13(5-3-2-4-6-13)9-16-12-11(7-14)8-15-10-17-12/h8,10H,2-6,9H2,1H3,(H,15,16,17). The Morgan fingerprint density at radius 3 is 2.88 bits per heavy atom. The van der Waals surface area contributed by atoms with E-state index in [2.05, 4.69) is 28.3 Å². The minimum Gasteiger partial charge on any atom is -0.368 e. The lowest BCUT2D eigenvalue weighted by Gasteiger charge is -2.33. The molecule has 1 fully saturated rings. The van der Waals surface area contributed by atoms with E-state index in [-0.39, 0.29) is 0 Å². The predicted molar refractivity (Wildman–Crippen MR) is 66.4 cm³/mol. The highest BCUT2D eigenvalue weighted by molar-refractivity contribution is 5.49. The fourth-order valence-electron chi connectivity index (χ4n) is 2.43. The molecule has 0 radical (unpaired) electrons. The quantitative estimate of drug-likeness (QED) is 0.867. The summed E-state index contributed by atoms with van der Waals surface area (Å²) < 4.78 is 0. The summed E-state index contributed by atoms with van der Waals surface area (Å²) in [7, 11) is 0. The third-order valence-corrected chi connectivity index (χ3v) is 3.58. The highest BCUT2D eigenvalue weighted by atomic mass is 15.0. The van der Waals surface area contributed by atoms with Crippen LogP contribution in [0.3, 0.4) is 0 Å². The highest BCUT2D eigenvalue weighted by Crippen LogP contribution is 2.35. The Bertz CT molecular complexity index is 416. The van der Waals surface area contributed by atoms with Crippen LogP contribution < -0.4 is 5.32 Å². The fraction of sp³-hybridized carbons (Fsp3) is 0.615. The lowest BCUT2D eigenvalue weighted by molar-refractivity contribution is 0.233. The first-order chi connectivity index (χ1) is 8.23. The zero-order chi connectivity index (χ0) is 12.1. The molecule has 0 aliphatic heterocycles. The van der Waals surface area contributed by atoms with E-state index in [9.17, 15) is 0 Å². The van der Waals surface area contributed by atoms with Gasteiger partial charge in [-0.3, -0.25) is 0 Å². The molecule has 0 saturated heterocycles. The molecule has 0 aromatic carbocycles. The number of nitriles is 1. The molecule has 1 aliphatic rings. The van der Waals surface area contributed by atoms with Gasteiger partial charge in [-0.15, -0.1) is 0 Å². The molecule has 1 heterocycles. The molecule has 1 aromatic heterocycles. The summed E-state index contributed by atoms with van der Waals surface area (Å²) in [6.07, 6.45) is 9.53. The number of nitrogens with zero attached hydrogens (tertiary/aromatic N) is 3. The molecule has 0 unspecified atom stereocenters. The van der Waals surface area contributed by atoms with Crippen LogP contribution in [0, 0.1) is 16.7 Å². The zero-order valence-electron chi connectivity index (χ0n) is 10.2. The van der Waals surface area contributed by atoms with Gasteiger partial charge in [0.25, 0.3) is 0 Å². The van der Waals surface area contributed by atoms with Gasteiger partial charge in [-0.1, -0.05) is 26.2 Å². The number of nitrogens with one attached hydrogen (secondary N) is 1. The van der Waals surface area contributed by atoms with E-state index >= 15 is 0 Å². The normalized spacial score (nSPS) is 18.4. The van der Waals surface area contributed by atoms with E-state index in [1.807, 2.05) is 0 Å². The van der Waals surface area contributed by atoms with Crippen LogP contribution in [0.5, 0.6) is 0 Å². The van der Waals surface area contributed by atoms with Gasteiger partial charge in [0, 0.05) is 6.54 Å². The van der Waals surface area contributed by atoms with Crippen molar-refractivity contribution in [2.24, 2.45) is 5.41 Å². The maximum atomic E-state index is 8.95. The molecule has 0 atom stereocenters. The molecule has 1 N–H and O–H groups in total. The topological polar surface area (TPSA) is 61.6 Å². The smallest absolute Gasteiger partial charge is 0.147 e. The Morgan fingerprint density at radius 1 is 1.41 bits per heavy atom. The summed E-state index contributed by atoms with van der Waals surface area (Å²) in [5, 5.41) is 12.3. The average molecular weight is 230 g/mol. The summed E-state index contributed by atoms with van der Waals surface area (Å²) >= 11 is 0. The number of anilines is 1. The lowest BCUT2D eigenvalue weighted by atomic mass is 9.76. The van der Waals surface area contributed by atoms with Crippen molar-refractivity contribution in [3.63, 3.8) is 0 Å². The van der Waals surface area contributed by atoms with Gasteiger partial charge in [0.15, 0.2) is 0 Å². The molecule has 4 heteroatoms. The third-order valence-electron chi connectivity index (χ3n) is 3.58. The predicted octanol–water partition coefficient (Wildman–Crippen LogP) is 2.73. The lowest BCUT2D eigenvalue weighted by Crippen LogP contribution is -2.29. The maximum Gasteiger partial charge on any atom is 0.147 e. The summed E-state index contributed by atoms with van der Waals surface area (Å²) in [5.41, 5.74) is 0.863. The van der Waals surface area contributed by atoms with Crippen LogP contribution in [-0.2, 0) is 0 Å². The molecule has 0 amide bonds. The van der Waals surface area contributed by atoms with Gasteiger partial charge in [-0.25, -0.2) is 9.97 Å². The van der Waals surface area contributed by atoms with Gasteiger partial charge in [0.05, 0.1) is 6.20 Å². The Kier molecular flexibility index (Phi) is 3.58. The van der Waals surface area contributed by atoms with Crippen molar-refractivity contribution in [3.05, 3.63) is 18.1 Å². The minimum atomic E-state index is 0.343. The minimum absolute atomic E-state index is 0.343. The van der Waals surface area contributed by atoms with Gasteiger partial charge in [0.2, 0.25) is 0 Å². The molecule has 0 bridgehead atoms. The molecule has 0 spiro atoms. The van der Waals surface area contributed by atoms with Gasteiger partial charge in [-0.05, 0) is 18.3 Å². The van der Waals surface area contributed by atoms with Crippen LogP contribution in [0.25, 0.3) is 0 Å². The maximum absolute atomic E-state index is 8.95. The molecular formula is C13H18N4. The molecule has 2 rings (SSSR count). The fourth-order valence-corrected chi connectivity index (χ4v) is 2.43. The van der Waals surface area contributed by atoms with E-state index in [4.69, 9.17) is 5.26 Å². The van der Waals surface area contributed by atoms with Crippen molar-refractivity contribution in [2.75, 3.05) is 11.9 Å². The van der Waals surface area contributed by atoms with Crippen molar-refractivity contribution in [1.29, 1.82) is 5.26 Å². The molecule has 1 saturated carbocycles. The van der Waals surface area contributed by atoms with Crippen LogP contribution >= 0.6 is 0 Å². The first kappa shape index (κ1) is 11.8. The molecule has 90 valence electrons. The summed E-state index contributed by atoms with van der Waals surface area (Å²) in [4.78, 5) is 7.97. The number of rotatable bonds is 3. The number of hydrogen-bond acceptors (Lipinski definition) is 4. The van der Waals surface area contributed by atoms with Crippen molar-refractivity contribution in [2.45, 2.75) is 39.0 Å². The number of hydrogen-bond donors (Lipinski definition) is 1. The van der Waals surface area contributed by atoms with Crippen molar-refractivity contribution in [3.8, 4) is 6.07 Å². The van der Waals surface area contributed by atoms with Crippen LogP contribution in [0.1, 0.15) is 44.6 Å². The van der Waals surface area contributed by atoms with Crippen molar-refractivity contribution >= 4 is 5.82 Å². The third kappa shape index (κ3) is 2.94. The van der Waals surface area contributed by atoms with Gasteiger partial charge in [-0.2, -0.15) is 5.26 Å².